The summed E-state index contributed by atoms with van der Waals surface area (Å²) in [5.74, 6) is 3.30. The maximum absolute atomic E-state index is 6.16. The fourth-order valence-corrected chi connectivity index (χ4v) is 2.90. The molecule has 1 aliphatic rings. The van der Waals surface area contributed by atoms with Crippen LogP contribution in [0.2, 0.25) is 5.02 Å². The number of nitrogens with zero attached hydrogens (tertiary/aromatic N) is 2. The summed E-state index contributed by atoms with van der Waals surface area (Å²) in [5, 5.41) is 6.93. The van der Waals surface area contributed by atoms with E-state index in [2.05, 4.69) is 20.6 Å². The second-order valence-corrected chi connectivity index (χ2v) is 6.19. The van der Waals surface area contributed by atoms with Crippen LogP contribution in [0.1, 0.15) is 5.56 Å². The summed E-state index contributed by atoms with van der Waals surface area (Å²) in [4.78, 5) is 8.71. The molecule has 27 heavy (non-hydrogen) atoms. The van der Waals surface area contributed by atoms with Crippen molar-refractivity contribution >= 4 is 29.1 Å². The minimum atomic E-state index is 0.262. The first-order valence-electron chi connectivity index (χ1n) is 8.27. The second-order valence-electron chi connectivity index (χ2n) is 5.78. The van der Waals surface area contributed by atoms with Crippen LogP contribution in [-0.2, 0) is 6.54 Å². The van der Waals surface area contributed by atoms with Gasteiger partial charge < -0.3 is 24.8 Å². The Labute approximate surface area is 161 Å². The van der Waals surface area contributed by atoms with Crippen LogP contribution in [-0.4, -0.2) is 23.9 Å². The number of fused-ring (bicyclic) bond motifs is 1. The zero-order valence-corrected chi connectivity index (χ0v) is 15.3. The van der Waals surface area contributed by atoms with Crippen molar-refractivity contribution in [3.05, 3.63) is 59.2 Å². The van der Waals surface area contributed by atoms with E-state index in [1.54, 1.807) is 31.5 Å². The van der Waals surface area contributed by atoms with Gasteiger partial charge >= 0.3 is 0 Å². The van der Waals surface area contributed by atoms with Crippen LogP contribution in [0.25, 0.3) is 0 Å². The van der Waals surface area contributed by atoms with Gasteiger partial charge in [-0.15, -0.1) is 0 Å². The molecule has 0 aliphatic carbocycles. The molecule has 0 unspecified atom stereocenters. The molecule has 7 nitrogen and oxygen atoms in total. The summed E-state index contributed by atoms with van der Waals surface area (Å²) in [6, 6.07) is 13.0. The predicted octanol–water partition coefficient (Wildman–Crippen LogP) is 4.22. The number of rotatable bonds is 6. The molecule has 1 aliphatic heterocycles. The van der Waals surface area contributed by atoms with Gasteiger partial charge in [0.1, 0.15) is 11.6 Å². The highest BCUT2D eigenvalue weighted by atomic mass is 35.5. The Hall–Kier alpha value is -3.19. The third kappa shape index (κ3) is 3.98. The number of aromatic nitrogens is 2. The van der Waals surface area contributed by atoms with E-state index in [1.807, 2.05) is 24.3 Å². The number of benzene rings is 2. The van der Waals surface area contributed by atoms with Crippen molar-refractivity contribution in [2.45, 2.75) is 6.54 Å². The van der Waals surface area contributed by atoms with Crippen molar-refractivity contribution in [1.82, 2.24) is 9.97 Å². The van der Waals surface area contributed by atoms with Gasteiger partial charge in [0.15, 0.2) is 11.5 Å². The van der Waals surface area contributed by atoms with Crippen molar-refractivity contribution in [2.24, 2.45) is 0 Å². The van der Waals surface area contributed by atoms with Crippen LogP contribution in [0.4, 0.5) is 17.5 Å². The Bertz CT molecular complexity index is 967. The van der Waals surface area contributed by atoms with Crippen molar-refractivity contribution in [1.29, 1.82) is 0 Å². The lowest BCUT2D eigenvalue weighted by atomic mass is 10.2. The third-order valence-electron chi connectivity index (χ3n) is 3.97. The Kier molecular flexibility index (Phi) is 4.84. The number of halogens is 1. The van der Waals surface area contributed by atoms with Crippen LogP contribution < -0.4 is 24.8 Å². The Morgan fingerprint density at radius 3 is 2.85 bits per heavy atom. The number of hydrogen-bond donors (Lipinski definition) is 2. The zero-order chi connectivity index (χ0) is 18.6. The summed E-state index contributed by atoms with van der Waals surface area (Å²) in [7, 11) is 1.58. The lowest BCUT2D eigenvalue weighted by Gasteiger charge is -2.10. The third-order valence-corrected chi connectivity index (χ3v) is 4.26. The van der Waals surface area contributed by atoms with Gasteiger partial charge in [0.25, 0.3) is 0 Å². The molecule has 2 aromatic carbocycles. The van der Waals surface area contributed by atoms with Gasteiger partial charge in [0.2, 0.25) is 12.7 Å². The summed E-state index contributed by atoms with van der Waals surface area (Å²) < 4.78 is 15.9. The zero-order valence-electron chi connectivity index (χ0n) is 14.5. The molecule has 0 spiro atoms. The smallest absolute Gasteiger partial charge is 0.231 e. The molecule has 0 saturated heterocycles. The van der Waals surface area contributed by atoms with Crippen LogP contribution in [0, 0.1) is 0 Å². The predicted molar refractivity (Wildman–Crippen MR) is 103 cm³/mol. The van der Waals surface area contributed by atoms with Crippen LogP contribution >= 0.6 is 11.6 Å². The quantitative estimate of drug-likeness (QED) is 0.658. The monoisotopic (exact) mass is 384 g/mol. The molecule has 2 heterocycles. The molecular weight excluding hydrogens is 368 g/mol. The molecular formula is C19H17ClN4O3. The Balaban J connectivity index is 1.42. The van der Waals surface area contributed by atoms with Gasteiger partial charge in [-0.2, -0.15) is 4.98 Å². The number of anilines is 3. The minimum absolute atomic E-state index is 0.262. The Morgan fingerprint density at radius 1 is 1.11 bits per heavy atom. The van der Waals surface area contributed by atoms with Gasteiger partial charge in [0, 0.05) is 18.4 Å². The first kappa shape index (κ1) is 17.2. The largest absolute Gasteiger partial charge is 0.495 e. The van der Waals surface area contributed by atoms with E-state index in [0.29, 0.717) is 29.1 Å². The van der Waals surface area contributed by atoms with E-state index in [-0.39, 0.29) is 6.79 Å². The average Bonchev–Trinajstić information content (AvgIpc) is 3.15. The fraction of sp³-hybridized carbons (Fsp3) is 0.158. The van der Waals surface area contributed by atoms with Crippen molar-refractivity contribution in [2.75, 3.05) is 24.5 Å². The van der Waals surface area contributed by atoms with E-state index in [4.69, 9.17) is 25.8 Å². The summed E-state index contributed by atoms with van der Waals surface area (Å²) in [6.45, 7) is 0.826. The van der Waals surface area contributed by atoms with Crippen LogP contribution in [0.3, 0.4) is 0 Å². The van der Waals surface area contributed by atoms with E-state index in [1.165, 1.54) is 0 Å². The van der Waals surface area contributed by atoms with Gasteiger partial charge in [-0.05, 0) is 42.0 Å². The van der Waals surface area contributed by atoms with E-state index < -0.39 is 0 Å². The normalized spacial score (nSPS) is 11.9. The minimum Gasteiger partial charge on any atom is -0.495 e. The first-order valence-corrected chi connectivity index (χ1v) is 8.65. The van der Waals surface area contributed by atoms with E-state index in [0.717, 1.165) is 22.7 Å². The highest BCUT2D eigenvalue weighted by Crippen LogP contribution is 2.32. The molecule has 8 heteroatoms. The molecule has 0 radical (unpaired) electrons. The van der Waals surface area contributed by atoms with Crippen molar-refractivity contribution in [3.63, 3.8) is 0 Å². The summed E-state index contributed by atoms with van der Waals surface area (Å²) in [6.07, 6.45) is 1.68. The van der Waals surface area contributed by atoms with Gasteiger partial charge in [-0.1, -0.05) is 17.7 Å². The first-order chi connectivity index (χ1) is 13.2. The topological polar surface area (TPSA) is 77.5 Å². The molecule has 2 N–H and O–H groups in total. The van der Waals surface area contributed by atoms with Crippen LogP contribution in [0.15, 0.2) is 48.7 Å². The SMILES string of the molecule is COc1ccc(Nc2ccnc(NCc3ccc4c(c3)OCO4)n2)cc1Cl. The highest BCUT2D eigenvalue weighted by Gasteiger charge is 2.13. The average molecular weight is 385 g/mol. The number of hydrogen-bond acceptors (Lipinski definition) is 7. The Morgan fingerprint density at radius 2 is 2.00 bits per heavy atom. The fourth-order valence-electron chi connectivity index (χ4n) is 2.64. The molecule has 3 aromatic rings. The van der Waals surface area contributed by atoms with Gasteiger partial charge in [-0.25, -0.2) is 4.98 Å². The van der Waals surface area contributed by atoms with E-state index in [9.17, 15) is 0 Å². The van der Waals surface area contributed by atoms with Crippen LogP contribution in [0.5, 0.6) is 17.2 Å². The standard InChI is InChI=1S/C19H17ClN4O3/c1-25-15-5-3-13(9-14(15)20)23-18-6-7-21-19(24-18)22-10-12-2-4-16-17(8-12)27-11-26-16/h2-9H,10-11H2,1H3,(H2,21,22,23,24). The summed E-state index contributed by atoms with van der Waals surface area (Å²) in [5.41, 5.74) is 1.85. The lowest BCUT2D eigenvalue weighted by Crippen LogP contribution is -2.05. The number of methoxy groups -OCH3 is 1. The lowest BCUT2D eigenvalue weighted by molar-refractivity contribution is 0.174. The second kappa shape index (κ2) is 7.59. The number of ether oxygens (including phenoxy) is 3. The van der Waals surface area contributed by atoms with Crippen molar-refractivity contribution in [3.8, 4) is 17.2 Å². The molecule has 1 aromatic heterocycles. The van der Waals surface area contributed by atoms with Crippen molar-refractivity contribution < 1.29 is 14.2 Å². The number of nitrogens with one attached hydrogen (secondary N) is 2. The maximum atomic E-state index is 6.16. The molecule has 4 rings (SSSR count). The molecule has 0 atom stereocenters. The molecule has 0 fully saturated rings. The highest BCUT2D eigenvalue weighted by molar-refractivity contribution is 6.32. The van der Waals surface area contributed by atoms with E-state index >= 15 is 0 Å². The van der Waals surface area contributed by atoms with Gasteiger partial charge in [-0.3, -0.25) is 0 Å². The van der Waals surface area contributed by atoms with Gasteiger partial charge in [0.05, 0.1) is 12.1 Å². The molecule has 138 valence electrons. The molecule has 0 saturated carbocycles. The summed E-state index contributed by atoms with van der Waals surface area (Å²) >= 11 is 6.16. The molecule has 0 amide bonds. The maximum Gasteiger partial charge on any atom is 0.231 e. The molecule has 0 bridgehead atoms.